The van der Waals surface area contributed by atoms with Crippen LogP contribution in [-0.4, -0.2) is 23.2 Å². The number of ketones is 1. The lowest BCUT2D eigenvalue weighted by Crippen LogP contribution is -2.13. The van der Waals surface area contributed by atoms with Gasteiger partial charge in [-0.1, -0.05) is 65.4 Å². The normalized spacial score (nSPS) is 11.5. The summed E-state index contributed by atoms with van der Waals surface area (Å²) in [4.78, 5) is 19.1. The molecule has 0 unspecified atom stereocenters. The van der Waals surface area contributed by atoms with Crippen LogP contribution in [0.15, 0.2) is 89.3 Å². The van der Waals surface area contributed by atoms with Gasteiger partial charge in [-0.25, -0.2) is 27.0 Å². The van der Waals surface area contributed by atoms with Gasteiger partial charge in [-0.3, -0.25) is 4.79 Å². The molecule has 0 amide bonds. The molecule has 0 radical (unpaired) electrons. The van der Waals surface area contributed by atoms with Crippen molar-refractivity contribution in [3.8, 4) is 39.6 Å². The number of fused-ring (bicyclic) bond motifs is 1. The number of halogens is 4. The van der Waals surface area contributed by atoms with Gasteiger partial charge in [-0.15, -0.1) is 0 Å². The third-order valence-corrected chi connectivity index (χ3v) is 10.9. The van der Waals surface area contributed by atoms with Crippen molar-refractivity contribution in [2.24, 2.45) is 0 Å². The number of benzene rings is 4. The van der Waals surface area contributed by atoms with Gasteiger partial charge in [0.05, 0.1) is 30.0 Å². The third kappa shape index (κ3) is 5.47. The van der Waals surface area contributed by atoms with Crippen LogP contribution in [0.3, 0.4) is 0 Å². The molecule has 4 aromatic carbocycles. The number of hydrogen-bond donors (Lipinski definition) is 0. The largest absolute Gasteiger partial charge is 0.295 e. The summed E-state index contributed by atoms with van der Waals surface area (Å²) in [7, 11) is -4.70. The van der Waals surface area contributed by atoms with Gasteiger partial charge >= 0.3 is 0 Å². The maximum absolute atomic E-state index is 15.0. The van der Waals surface area contributed by atoms with Crippen molar-refractivity contribution < 1.29 is 26.4 Å². The number of hydrogen-bond acceptors (Lipinski definition) is 6. The Morgan fingerprint density at radius 1 is 1.04 bits per heavy atom. The molecular weight excluding hydrogens is 669 g/mol. The molecule has 0 saturated carbocycles. The molecule has 0 spiro atoms. The first kappa shape index (κ1) is 31.7. The van der Waals surface area contributed by atoms with Crippen LogP contribution < -0.4 is 0 Å². The number of carbonyl (C=O) groups excluding carboxylic acids is 1. The second-order valence-corrected chi connectivity index (χ2v) is 13.7. The number of alkyl halides is 2. The van der Waals surface area contributed by atoms with E-state index in [1.54, 1.807) is 36.4 Å². The number of thiazole rings is 1. The van der Waals surface area contributed by atoms with Gasteiger partial charge in [0, 0.05) is 43.8 Å². The minimum absolute atomic E-state index is 0.00260. The molecule has 6 aromatic rings. The summed E-state index contributed by atoms with van der Waals surface area (Å²) in [5, 5.41) is 9.71. The Morgan fingerprint density at radius 3 is 2.45 bits per heavy atom. The predicted octanol–water partition coefficient (Wildman–Crippen LogP) is 9.69. The van der Waals surface area contributed by atoms with Crippen LogP contribution in [0.5, 0.6) is 0 Å². The van der Waals surface area contributed by atoms with Crippen molar-refractivity contribution in [1.29, 1.82) is 5.26 Å². The minimum atomic E-state index is -4.70. The quantitative estimate of drug-likeness (QED) is 0.123. The number of carbonyl (C=O) groups is 1. The van der Waals surface area contributed by atoms with E-state index in [4.69, 9.17) is 18.2 Å². The van der Waals surface area contributed by atoms with E-state index in [2.05, 4.69) is 9.83 Å². The first-order valence-corrected chi connectivity index (χ1v) is 16.2. The van der Waals surface area contributed by atoms with E-state index in [9.17, 15) is 31.6 Å². The predicted molar refractivity (Wildman–Crippen MR) is 174 cm³/mol. The summed E-state index contributed by atoms with van der Waals surface area (Å²) in [6.45, 7) is 9.26. The van der Waals surface area contributed by atoms with E-state index in [0.717, 1.165) is 22.3 Å². The van der Waals surface area contributed by atoms with Gasteiger partial charge in [-0.05, 0) is 48.9 Å². The van der Waals surface area contributed by atoms with Gasteiger partial charge in [0.25, 0.3) is 16.4 Å². The average Bonchev–Trinajstić information content (AvgIpc) is 3.69. The lowest BCUT2D eigenvalue weighted by Gasteiger charge is -2.15. The molecule has 2 heterocycles. The summed E-state index contributed by atoms with van der Waals surface area (Å²) in [6, 6.07) is 21.2. The molecule has 0 saturated heterocycles. The van der Waals surface area contributed by atoms with E-state index in [1.165, 1.54) is 37.3 Å². The van der Waals surface area contributed by atoms with Crippen LogP contribution in [0.2, 0.25) is 5.02 Å². The third-order valence-electron chi connectivity index (χ3n) is 7.43. The van der Waals surface area contributed by atoms with Gasteiger partial charge in [0.15, 0.2) is 20.7 Å². The van der Waals surface area contributed by atoms with Crippen molar-refractivity contribution in [1.82, 2.24) is 8.96 Å². The van der Waals surface area contributed by atoms with Gasteiger partial charge in [-0.2, -0.15) is 13.7 Å². The zero-order chi connectivity index (χ0) is 33.6. The standard InChI is InChI=1S/C34H18ClF3N4O3S2/c1-18(43)19-9-11-24(26(35)14-19)20-5-3-6-21(13-20)32-31(30-22(16-39)7-4-8-27(30)40-2)25-15-23(36)10-12-28(25)42(32)47(44,45)29-17-41-34(46-29)33(37)38/h3-15,17,33H,1H3. The highest BCUT2D eigenvalue weighted by atomic mass is 35.5. The van der Waals surface area contributed by atoms with Crippen molar-refractivity contribution in [2.75, 3.05) is 0 Å². The summed E-state index contributed by atoms with van der Waals surface area (Å²) in [6.07, 6.45) is -2.19. The second-order valence-electron chi connectivity index (χ2n) is 10.2. The van der Waals surface area contributed by atoms with Gasteiger partial charge in [0.2, 0.25) is 0 Å². The van der Waals surface area contributed by atoms with Crippen molar-refractivity contribution >= 4 is 55.3 Å². The Kier molecular flexibility index (Phi) is 8.20. The smallest absolute Gasteiger partial charge is 0.289 e. The topological polar surface area (TPSA) is 97.2 Å². The molecule has 0 fully saturated rings. The summed E-state index contributed by atoms with van der Waals surface area (Å²) in [5.41, 5.74) is 1.76. The van der Waals surface area contributed by atoms with Crippen LogP contribution in [0.4, 0.5) is 18.9 Å². The fraction of sp³-hybridized carbons (Fsp3) is 0.0588. The molecule has 7 nitrogen and oxygen atoms in total. The number of Topliss-reactive ketones (excluding diaryl/α,β-unsaturated/α-hetero) is 1. The van der Waals surface area contributed by atoms with E-state index in [1.807, 2.05) is 6.07 Å². The summed E-state index contributed by atoms with van der Waals surface area (Å²) >= 11 is 6.87. The number of rotatable bonds is 7. The minimum Gasteiger partial charge on any atom is -0.295 e. The lowest BCUT2D eigenvalue weighted by molar-refractivity contribution is 0.101. The first-order chi connectivity index (χ1) is 22.5. The van der Waals surface area contributed by atoms with E-state index in [0.29, 0.717) is 28.0 Å². The molecule has 6 rings (SSSR count). The Hall–Kier alpha value is -5.27. The highest BCUT2D eigenvalue weighted by molar-refractivity contribution is 7.92. The van der Waals surface area contributed by atoms with E-state index < -0.39 is 31.5 Å². The second kappa shape index (κ2) is 12.2. The Bertz CT molecular complexity index is 2430. The Labute approximate surface area is 275 Å². The molecule has 232 valence electrons. The number of nitriles is 1. The van der Waals surface area contributed by atoms with Gasteiger partial charge in [0.1, 0.15) is 5.82 Å². The molecule has 0 bridgehead atoms. The van der Waals surface area contributed by atoms with Gasteiger partial charge < -0.3 is 0 Å². The molecule has 13 heteroatoms. The molecule has 0 atom stereocenters. The maximum atomic E-state index is 15.0. The lowest BCUT2D eigenvalue weighted by atomic mass is 9.92. The molecular formula is C34H18ClF3N4O3S2. The fourth-order valence-electron chi connectivity index (χ4n) is 5.37. The first-order valence-electron chi connectivity index (χ1n) is 13.6. The molecule has 0 N–H and O–H groups in total. The monoisotopic (exact) mass is 686 g/mol. The fourth-order valence-corrected chi connectivity index (χ4v) is 8.29. The van der Waals surface area contributed by atoms with Crippen LogP contribution in [0.1, 0.15) is 34.3 Å². The van der Waals surface area contributed by atoms with Crippen molar-refractivity contribution in [3.05, 3.63) is 123 Å². The average molecular weight is 687 g/mol. The number of nitrogens with zero attached hydrogens (tertiary/aromatic N) is 4. The Morgan fingerprint density at radius 2 is 1.79 bits per heavy atom. The SMILES string of the molecule is [C-]#[N+]c1cccc(C#N)c1-c1c(-c2cccc(-c3ccc(C(C)=O)cc3Cl)c2)n(S(=O)(=O)c2cnc(C(F)F)s2)c2ccc(F)cc12. The molecule has 0 aliphatic carbocycles. The maximum Gasteiger partial charge on any atom is 0.289 e. The molecule has 0 aliphatic heterocycles. The van der Waals surface area contributed by atoms with Crippen molar-refractivity contribution in [3.63, 3.8) is 0 Å². The van der Waals surface area contributed by atoms with Crippen LogP contribution in [0, 0.1) is 23.7 Å². The highest BCUT2D eigenvalue weighted by Crippen LogP contribution is 2.48. The van der Waals surface area contributed by atoms with Crippen LogP contribution in [-0.2, 0) is 10.0 Å². The molecule has 47 heavy (non-hydrogen) atoms. The molecule has 2 aromatic heterocycles. The summed E-state index contributed by atoms with van der Waals surface area (Å²) in [5.74, 6) is -0.911. The number of aromatic nitrogens is 2. The van der Waals surface area contributed by atoms with Crippen molar-refractivity contribution in [2.45, 2.75) is 17.6 Å². The Balaban J connectivity index is 1.77. The van der Waals surface area contributed by atoms with Crippen LogP contribution >= 0.6 is 22.9 Å². The molecule has 0 aliphatic rings. The highest BCUT2D eigenvalue weighted by Gasteiger charge is 2.33. The zero-order valence-electron chi connectivity index (χ0n) is 24.0. The van der Waals surface area contributed by atoms with Crippen LogP contribution in [0.25, 0.3) is 49.3 Å². The van der Waals surface area contributed by atoms with E-state index in [-0.39, 0.29) is 55.3 Å². The summed E-state index contributed by atoms with van der Waals surface area (Å²) < 4.78 is 71.3. The van der Waals surface area contributed by atoms with E-state index >= 15 is 0 Å². The zero-order valence-corrected chi connectivity index (χ0v) is 26.4.